The van der Waals surface area contributed by atoms with Crippen LogP contribution >= 0.6 is 0 Å². The van der Waals surface area contributed by atoms with Gasteiger partial charge in [0.05, 0.1) is 12.7 Å². The maximum atomic E-state index is 12.9. The molecule has 144 valence electrons. The number of ether oxygens (including phenoxy) is 2. The number of hydrogen-bond donors (Lipinski definition) is 0. The van der Waals surface area contributed by atoms with E-state index in [0.29, 0.717) is 29.4 Å². The fraction of sp³-hybridized carbons (Fsp3) is 0.0800. The summed E-state index contributed by atoms with van der Waals surface area (Å²) in [5, 5.41) is 0.993. The first-order valence-corrected chi connectivity index (χ1v) is 9.29. The van der Waals surface area contributed by atoms with Gasteiger partial charge in [-0.3, -0.25) is 4.79 Å². The lowest BCUT2D eigenvalue weighted by atomic mass is 10.1. The molecule has 0 aliphatic rings. The van der Waals surface area contributed by atoms with Gasteiger partial charge < -0.3 is 13.9 Å². The van der Waals surface area contributed by atoms with Gasteiger partial charge in [0.15, 0.2) is 5.78 Å². The molecule has 1 aromatic heterocycles. The van der Waals surface area contributed by atoms with Crippen LogP contribution in [0.15, 0.2) is 89.4 Å². The minimum absolute atomic E-state index is 0.188. The SMILES string of the molecule is COc1ccc(OCc2ccccc2)c(C(=O)C=Cc2cc3ccccc3o2)c1. The van der Waals surface area contributed by atoms with E-state index in [9.17, 15) is 4.79 Å². The Kier molecular flexibility index (Phi) is 5.43. The highest BCUT2D eigenvalue weighted by Crippen LogP contribution is 2.27. The van der Waals surface area contributed by atoms with Gasteiger partial charge in [0.25, 0.3) is 0 Å². The molecule has 1 heterocycles. The van der Waals surface area contributed by atoms with E-state index in [4.69, 9.17) is 13.9 Å². The fourth-order valence-corrected chi connectivity index (χ4v) is 3.02. The van der Waals surface area contributed by atoms with Crippen molar-refractivity contribution in [3.8, 4) is 11.5 Å². The molecule has 0 bridgehead atoms. The van der Waals surface area contributed by atoms with Gasteiger partial charge in [-0.1, -0.05) is 48.5 Å². The predicted molar refractivity (Wildman–Crippen MR) is 113 cm³/mol. The Labute approximate surface area is 169 Å². The number of furan rings is 1. The largest absolute Gasteiger partial charge is 0.497 e. The van der Waals surface area contributed by atoms with Crippen molar-refractivity contribution in [1.82, 2.24) is 0 Å². The quantitative estimate of drug-likeness (QED) is 0.293. The molecule has 0 saturated carbocycles. The van der Waals surface area contributed by atoms with Crippen LogP contribution in [0.25, 0.3) is 17.0 Å². The van der Waals surface area contributed by atoms with E-state index in [0.717, 1.165) is 16.5 Å². The zero-order valence-corrected chi connectivity index (χ0v) is 16.0. The van der Waals surface area contributed by atoms with E-state index in [1.165, 1.54) is 6.08 Å². The van der Waals surface area contributed by atoms with E-state index in [1.807, 2.05) is 60.7 Å². The molecule has 0 fully saturated rings. The van der Waals surface area contributed by atoms with E-state index in [1.54, 1.807) is 31.4 Å². The summed E-state index contributed by atoms with van der Waals surface area (Å²) < 4.78 is 16.9. The number of para-hydroxylation sites is 1. The normalized spacial score (nSPS) is 11.1. The first kappa shape index (κ1) is 18.6. The van der Waals surface area contributed by atoms with Crippen molar-refractivity contribution in [1.29, 1.82) is 0 Å². The third-order valence-electron chi connectivity index (χ3n) is 4.53. The van der Waals surface area contributed by atoms with Crippen molar-refractivity contribution in [3.05, 3.63) is 102 Å². The number of benzene rings is 3. The Hall–Kier alpha value is -3.79. The number of fused-ring (bicyclic) bond motifs is 1. The van der Waals surface area contributed by atoms with Crippen LogP contribution in [0.1, 0.15) is 21.7 Å². The third kappa shape index (κ3) is 4.38. The average Bonchev–Trinajstić information content (AvgIpc) is 3.19. The number of rotatable bonds is 7. The minimum Gasteiger partial charge on any atom is -0.497 e. The molecule has 4 nitrogen and oxygen atoms in total. The van der Waals surface area contributed by atoms with Crippen LogP contribution in [0, 0.1) is 0 Å². The first-order valence-electron chi connectivity index (χ1n) is 9.29. The van der Waals surface area contributed by atoms with Crippen molar-refractivity contribution in [3.63, 3.8) is 0 Å². The van der Waals surface area contributed by atoms with Gasteiger partial charge in [0.2, 0.25) is 0 Å². The molecule has 4 heteroatoms. The fourth-order valence-electron chi connectivity index (χ4n) is 3.02. The number of carbonyl (C=O) groups excluding carboxylic acids is 1. The smallest absolute Gasteiger partial charge is 0.189 e. The lowest BCUT2D eigenvalue weighted by molar-refractivity contribution is 0.104. The molecule has 0 aliphatic heterocycles. The van der Waals surface area contributed by atoms with Gasteiger partial charge in [-0.15, -0.1) is 0 Å². The van der Waals surface area contributed by atoms with Crippen molar-refractivity contribution in [2.45, 2.75) is 6.61 Å². The molecule has 3 aromatic carbocycles. The molecule has 0 amide bonds. The molecular weight excluding hydrogens is 364 g/mol. The number of allylic oxidation sites excluding steroid dienone is 1. The minimum atomic E-state index is -0.188. The van der Waals surface area contributed by atoms with E-state index in [-0.39, 0.29) is 5.78 Å². The van der Waals surface area contributed by atoms with Gasteiger partial charge in [0.1, 0.15) is 29.4 Å². The summed E-state index contributed by atoms with van der Waals surface area (Å²) >= 11 is 0. The third-order valence-corrected chi connectivity index (χ3v) is 4.53. The highest BCUT2D eigenvalue weighted by molar-refractivity contribution is 6.09. The average molecular weight is 384 g/mol. The molecule has 0 unspecified atom stereocenters. The molecule has 0 radical (unpaired) electrons. The molecular formula is C25H20O4. The summed E-state index contributed by atoms with van der Waals surface area (Å²) in [6, 6.07) is 24.7. The van der Waals surface area contributed by atoms with Crippen molar-refractivity contribution in [2.75, 3.05) is 7.11 Å². The highest BCUT2D eigenvalue weighted by atomic mass is 16.5. The Balaban J connectivity index is 1.57. The zero-order valence-electron chi connectivity index (χ0n) is 16.0. The maximum absolute atomic E-state index is 12.9. The lowest BCUT2D eigenvalue weighted by Crippen LogP contribution is -2.03. The van der Waals surface area contributed by atoms with E-state index < -0.39 is 0 Å². The van der Waals surface area contributed by atoms with E-state index >= 15 is 0 Å². The van der Waals surface area contributed by atoms with Gasteiger partial charge in [-0.05, 0) is 48.0 Å². The Morgan fingerprint density at radius 1 is 0.966 bits per heavy atom. The van der Waals surface area contributed by atoms with Crippen LogP contribution in [-0.4, -0.2) is 12.9 Å². The Morgan fingerprint density at radius 2 is 1.76 bits per heavy atom. The molecule has 0 atom stereocenters. The van der Waals surface area contributed by atoms with Crippen LogP contribution < -0.4 is 9.47 Å². The van der Waals surface area contributed by atoms with Crippen molar-refractivity contribution < 1.29 is 18.7 Å². The summed E-state index contributed by atoms with van der Waals surface area (Å²) in [6.07, 6.45) is 3.16. The molecule has 4 rings (SSSR count). The lowest BCUT2D eigenvalue weighted by Gasteiger charge is -2.11. The molecule has 0 N–H and O–H groups in total. The number of carbonyl (C=O) groups is 1. The van der Waals surface area contributed by atoms with Gasteiger partial charge in [-0.25, -0.2) is 0 Å². The predicted octanol–water partition coefficient (Wildman–Crippen LogP) is 5.92. The van der Waals surface area contributed by atoms with Gasteiger partial charge in [-0.2, -0.15) is 0 Å². The topological polar surface area (TPSA) is 48.7 Å². The highest BCUT2D eigenvalue weighted by Gasteiger charge is 2.13. The monoisotopic (exact) mass is 384 g/mol. The second kappa shape index (κ2) is 8.48. The van der Waals surface area contributed by atoms with Gasteiger partial charge >= 0.3 is 0 Å². The number of hydrogen-bond acceptors (Lipinski definition) is 4. The summed E-state index contributed by atoms with van der Waals surface area (Å²) in [4.78, 5) is 12.9. The molecule has 29 heavy (non-hydrogen) atoms. The van der Waals surface area contributed by atoms with Crippen molar-refractivity contribution in [2.24, 2.45) is 0 Å². The summed E-state index contributed by atoms with van der Waals surface area (Å²) in [7, 11) is 1.57. The standard InChI is InChI=1S/C25H20O4/c1-27-20-12-14-25(28-17-18-7-3-2-4-8-18)22(16-20)23(26)13-11-21-15-19-9-5-6-10-24(19)29-21/h2-16H,17H2,1H3. The molecule has 4 aromatic rings. The number of ketones is 1. The van der Waals surface area contributed by atoms with Crippen LogP contribution in [-0.2, 0) is 6.61 Å². The second-order valence-corrected chi connectivity index (χ2v) is 6.52. The first-order chi connectivity index (χ1) is 14.2. The summed E-state index contributed by atoms with van der Waals surface area (Å²) in [5.41, 5.74) is 2.25. The number of methoxy groups -OCH3 is 1. The summed E-state index contributed by atoms with van der Waals surface area (Å²) in [5.74, 6) is 1.54. The Morgan fingerprint density at radius 3 is 2.55 bits per heavy atom. The zero-order chi connectivity index (χ0) is 20.1. The second-order valence-electron chi connectivity index (χ2n) is 6.52. The van der Waals surface area contributed by atoms with Crippen molar-refractivity contribution >= 4 is 22.8 Å². The molecule has 0 aliphatic carbocycles. The maximum Gasteiger partial charge on any atom is 0.189 e. The van der Waals surface area contributed by atoms with Crippen LogP contribution in [0.3, 0.4) is 0 Å². The summed E-state index contributed by atoms with van der Waals surface area (Å²) in [6.45, 7) is 0.376. The van der Waals surface area contributed by atoms with Crippen LogP contribution in [0.2, 0.25) is 0 Å². The van der Waals surface area contributed by atoms with Crippen LogP contribution in [0.4, 0.5) is 0 Å². The van der Waals surface area contributed by atoms with Gasteiger partial charge in [0, 0.05) is 5.39 Å². The van der Waals surface area contributed by atoms with Crippen LogP contribution in [0.5, 0.6) is 11.5 Å². The Bertz CT molecular complexity index is 1120. The molecule has 0 spiro atoms. The molecule has 0 saturated heterocycles. The van der Waals surface area contributed by atoms with E-state index in [2.05, 4.69) is 0 Å².